The molecule has 14 nitrogen and oxygen atoms in total. The van der Waals surface area contributed by atoms with Crippen LogP contribution >= 0.6 is 0 Å². The normalized spacial score (nSPS) is 12.1. The zero-order chi connectivity index (χ0) is 64.1. The van der Waals surface area contributed by atoms with Crippen LogP contribution in [0.15, 0.2) is 267 Å². The Hall–Kier alpha value is -13.7. The summed E-state index contributed by atoms with van der Waals surface area (Å²) in [5, 5.41) is 0. The average molecular weight is 1250 g/mol. The Bertz CT molecular complexity index is 6680. The standard InChI is InChI=1S/C84H44N14/c1-3-7-59-57(5-1)85-61-21-9-45(33-73(61)87-59)47-11-23-63-75(35-47)89-65-25-13-49(37-77(65)91-63)51-15-27-67-79(39-51)93-69-29-17-53(41-81(69)95-67)55-19-31-71-83(43-55)97-72-32-20-56(44-84(72)98-71)54-18-30-70-82(42-54)96-68-28-16-52(40-80(68)94-70)50-14-26-66-78(38-50)92-64-24-12-48(36-76(64)90-66)46-10-22-62-74(34-46)88-60-8-4-2-6-58(60)86-62/h1-44H. The van der Waals surface area contributed by atoms with Crippen LogP contribution in [-0.2, 0) is 0 Å². The molecule has 7 heterocycles. The Balaban J connectivity index is 0.513. The van der Waals surface area contributed by atoms with Crippen molar-refractivity contribution >= 4 is 154 Å². The van der Waals surface area contributed by atoms with Gasteiger partial charge in [-0.1, -0.05) is 97.1 Å². The molecule has 0 amide bonds. The second kappa shape index (κ2) is 20.9. The van der Waals surface area contributed by atoms with Gasteiger partial charge in [0.05, 0.1) is 154 Å². The van der Waals surface area contributed by atoms with Gasteiger partial charge in [0.1, 0.15) is 0 Å². The smallest absolute Gasteiger partial charge is 0.0900 e. The lowest BCUT2D eigenvalue weighted by molar-refractivity contribution is 1.38. The van der Waals surface area contributed by atoms with Gasteiger partial charge in [-0.05, 0) is 237 Å². The molecule has 7 aromatic heterocycles. The molecule has 0 saturated heterocycles. The van der Waals surface area contributed by atoms with Crippen molar-refractivity contribution in [1.82, 2.24) is 69.8 Å². The Morgan fingerprint density at radius 1 is 0.0918 bits per heavy atom. The summed E-state index contributed by atoms with van der Waals surface area (Å²) in [6.45, 7) is 0. The zero-order valence-electron chi connectivity index (χ0n) is 51.7. The Morgan fingerprint density at radius 3 is 0.296 bits per heavy atom. The molecule has 0 saturated carbocycles. The molecule has 14 heteroatoms. The summed E-state index contributed by atoms with van der Waals surface area (Å²) < 4.78 is 0. The molecule has 21 rings (SSSR count). The van der Waals surface area contributed by atoms with Crippen LogP contribution in [0.3, 0.4) is 0 Å². The van der Waals surface area contributed by atoms with Gasteiger partial charge in [-0.3, -0.25) is 0 Å². The number of nitrogens with zero attached hydrogens (tertiary/aromatic N) is 14. The second-order valence-electron chi connectivity index (χ2n) is 25.0. The number of aromatic nitrogens is 14. The van der Waals surface area contributed by atoms with Crippen LogP contribution in [0, 0.1) is 0 Å². The number of hydrogen-bond acceptors (Lipinski definition) is 14. The Kier molecular flexibility index (Phi) is 11.5. The SMILES string of the molecule is c1ccc2nc3cc(-c4ccc5nc6cc(-c7ccc8nc9cc(-c%10ccc%11nc%12cc(-c%13ccc%14nc%15cc(-c%16ccc%17nc%18cc(-c%19ccc%20nc%21ccccc%21nc%20c%19)ccc%18nc%17c%16)ccc%15nc%14c%13)ccc%12nc%11c%10)ccc9nc8c7)ccc6nc5c4)ccc3nc2c1. The highest BCUT2D eigenvalue weighted by Gasteiger charge is 2.16. The predicted molar refractivity (Wildman–Crippen MR) is 393 cm³/mol. The van der Waals surface area contributed by atoms with E-state index in [9.17, 15) is 0 Å². The van der Waals surface area contributed by atoms with Gasteiger partial charge in [0.2, 0.25) is 0 Å². The van der Waals surface area contributed by atoms with Gasteiger partial charge < -0.3 is 0 Å². The molecule has 0 unspecified atom stereocenters. The lowest BCUT2D eigenvalue weighted by atomic mass is 10.0. The molecule has 0 fully saturated rings. The highest BCUT2D eigenvalue weighted by Crippen LogP contribution is 2.36. The van der Waals surface area contributed by atoms with E-state index in [1.54, 1.807) is 0 Å². The quantitative estimate of drug-likeness (QED) is 0.143. The zero-order valence-corrected chi connectivity index (χ0v) is 51.7. The van der Waals surface area contributed by atoms with Crippen molar-refractivity contribution in [1.29, 1.82) is 0 Å². The highest BCUT2D eigenvalue weighted by molar-refractivity contribution is 6.00. The number of benzene rings is 14. The summed E-state index contributed by atoms with van der Waals surface area (Å²) in [7, 11) is 0. The number of para-hydroxylation sites is 4. The summed E-state index contributed by atoms with van der Waals surface area (Å²) >= 11 is 0. The molecule has 14 aromatic carbocycles. The molecule has 450 valence electrons. The lowest BCUT2D eigenvalue weighted by Gasteiger charge is -2.10. The number of rotatable bonds is 6. The van der Waals surface area contributed by atoms with Crippen LogP contribution in [0.2, 0.25) is 0 Å². The summed E-state index contributed by atoms with van der Waals surface area (Å²) in [6.07, 6.45) is 0. The van der Waals surface area contributed by atoms with Crippen LogP contribution in [0.25, 0.3) is 221 Å². The third-order valence-corrected chi connectivity index (χ3v) is 18.8. The summed E-state index contributed by atoms with van der Waals surface area (Å²) in [5.74, 6) is 0. The van der Waals surface area contributed by atoms with Gasteiger partial charge in [-0.15, -0.1) is 0 Å². The first kappa shape index (κ1) is 53.8. The molecule has 0 aliphatic carbocycles. The summed E-state index contributed by atoms with van der Waals surface area (Å²) in [5.41, 5.74) is 35.6. The molecule has 21 aromatic rings. The molecule has 0 bridgehead atoms. The lowest BCUT2D eigenvalue weighted by Crippen LogP contribution is -1.92. The van der Waals surface area contributed by atoms with E-state index in [1.807, 2.05) is 121 Å². The maximum atomic E-state index is 5.12. The van der Waals surface area contributed by atoms with E-state index in [-0.39, 0.29) is 0 Å². The molecular weight excluding hydrogens is 1210 g/mol. The minimum atomic E-state index is 0.807. The summed E-state index contributed by atoms with van der Waals surface area (Å²) in [4.78, 5) is 70.4. The maximum Gasteiger partial charge on any atom is 0.0900 e. The average Bonchev–Trinajstić information content (AvgIpc) is 0.782. The maximum absolute atomic E-state index is 5.12. The van der Waals surface area contributed by atoms with Crippen LogP contribution < -0.4 is 0 Å². The molecule has 0 atom stereocenters. The first-order chi connectivity index (χ1) is 48.3. The van der Waals surface area contributed by atoms with Crippen molar-refractivity contribution in [2.45, 2.75) is 0 Å². The molecule has 0 aliphatic heterocycles. The largest absolute Gasteiger partial charge is 0.245 e. The van der Waals surface area contributed by atoms with Crippen LogP contribution in [0.1, 0.15) is 0 Å². The number of hydrogen-bond donors (Lipinski definition) is 0. The summed E-state index contributed by atoms with van der Waals surface area (Å²) in [6, 6.07) is 90.7. The highest BCUT2D eigenvalue weighted by atomic mass is 14.9. The van der Waals surface area contributed by atoms with Gasteiger partial charge >= 0.3 is 0 Å². The molecule has 98 heavy (non-hydrogen) atoms. The number of fused-ring (bicyclic) bond motifs is 14. The van der Waals surface area contributed by atoms with E-state index in [0.717, 1.165) is 221 Å². The van der Waals surface area contributed by atoms with Gasteiger partial charge in [0, 0.05) is 0 Å². The first-order valence-electron chi connectivity index (χ1n) is 32.3. The minimum Gasteiger partial charge on any atom is -0.245 e. The third kappa shape index (κ3) is 9.11. The van der Waals surface area contributed by atoms with Gasteiger partial charge in [-0.25, -0.2) is 69.8 Å². The molecule has 0 N–H and O–H groups in total. The third-order valence-electron chi connectivity index (χ3n) is 18.8. The topological polar surface area (TPSA) is 180 Å². The Morgan fingerprint density at radius 2 is 0.184 bits per heavy atom. The van der Waals surface area contributed by atoms with Crippen molar-refractivity contribution < 1.29 is 0 Å². The van der Waals surface area contributed by atoms with Crippen LogP contribution in [0.5, 0.6) is 0 Å². The molecular formula is C84H44N14. The van der Waals surface area contributed by atoms with Crippen molar-refractivity contribution in [3.63, 3.8) is 0 Å². The minimum absolute atomic E-state index is 0.807. The van der Waals surface area contributed by atoms with Crippen molar-refractivity contribution in [2.24, 2.45) is 0 Å². The van der Waals surface area contributed by atoms with E-state index in [1.165, 1.54) is 0 Å². The van der Waals surface area contributed by atoms with Crippen LogP contribution in [0.4, 0.5) is 0 Å². The molecule has 0 spiro atoms. The fraction of sp³-hybridized carbons (Fsp3) is 0. The van der Waals surface area contributed by atoms with Crippen molar-refractivity contribution in [3.05, 3.63) is 267 Å². The predicted octanol–water partition coefficient (Wildman–Crippen LogP) is 19.4. The monoisotopic (exact) mass is 1250 g/mol. The molecule has 0 aliphatic rings. The van der Waals surface area contributed by atoms with Gasteiger partial charge in [-0.2, -0.15) is 0 Å². The van der Waals surface area contributed by atoms with E-state index in [2.05, 4.69) is 146 Å². The fourth-order valence-corrected chi connectivity index (χ4v) is 13.8. The van der Waals surface area contributed by atoms with Gasteiger partial charge in [0.25, 0.3) is 0 Å². The second-order valence-corrected chi connectivity index (χ2v) is 25.0. The Labute approximate surface area is 554 Å². The molecule has 0 radical (unpaired) electrons. The van der Waals surface area contributed by atoms with Crippen molar-refractivity contribution in [2.75, 3.05) is 0 Å². The van der Waals surface area contributed by atoms with Gasteiger partial charge in [0.15, 0.2) is 0 Å². The van der Waals surface area contributed by atoms with E-state index in [0.29, 0.717) is 0 Å². The van der Waals surface area contributed by atoms with E-state index in [4.69, 9.17) is 69.8 Å². The first-order valence-corrected chi connectivity index (χ1v) is 32.3. The fourth-order valence-electron chi connectivity index (χ4n) is 13.8. The van der Waals surface area contributed by atoms with E-state index < -0.39 is 0 Å². The van der Waals surface area contributed by atoms with Crippen LogP contribution in [-0.4, -0.2) is 69.8 Å². The van der Waals surface area contributed by atoms with E-state index >= 15 is 0 Å². The van der Waals surface area contributed by atoms with Crippen molar-refractivity contribution in [3.8, 4) is 66.8 Å².